The molecule has 0 heterocycles. The van der Waals surface area contributed by atoms with Crippen molar-refractivity contribution in [3.05, 3.63) is 0 Å². The van der Waals surface area contributed by atoms with E-state index in [1.54, 1.807) is 0 Å². The van der Waals surface area contributed by atoms with Crippen molar-refractivity contribution in [2.24, 2.45) is 0 Å². The molecule has 0 N–H and O–H groups in total. The van der Waals surface area contributed by atoms with Crippen molar-refractivity contribution < 1.29 is 73.6 Å². The maximum atomic E-state index is 8.52. The Hall–Kier alpha value is 0.298. The fraction of sp³-hybridized carbons (Fsp3) is 0. The van der Waals surface area contributed by atoms with Crippen LogP contribution in [0.5, 0.6) is 0 Å². The summed E-state index contributed by atoms with van der Waals surface area (Å²) in [6, 6.07) is 0. The molecule has 16 heavy (non-hydrogen) atoms. The van der Waals surface area contributed by atoms with Crippen molar-refractivity contribution >= 4 is 31.2 Å². The third-order valence-corrected chi connectivity index (χ3v) is 0. The minimum Gasteiger partial charge on any atom is -0.759 e. The second-order valence-corrected chi connectivity index (χ2v) is 3.67. The second-order valence-electron chi connectivity index (χ2n) is 1.22. The summed E-state index contributed by atoms with van der Waals surface area (Å²) in [5.74, 6) is 0. The molecular formula is O12S3W-6. The number of rotatable bonds is 0. The molecule has 0 atom stereocenters. The van der Waals surface area contributed by atoms with Gasteiger partial charge in [0.2, 0.25) is 0 Å². The van der Waals surface area contributed by atoms with E-state index < -0.39 is 31.2 Å². The van der Waals surface area contributed by atoms with Crippen LogP contribution in [-0.2, 0) is 52.3 Å². The maximum Gasteiger partial charge on any atom is 0.0311 e. The van der Waals surface area contributed by atoms with Gasteiger partial charge < -0.3 is 27.3 Å². The van der Waals surface area contributed by atoms with Gasteiger partial charge in [-0.1, -0.05) is 0 Å². The molecule has 0 radical (unpaired) electrons. The Labute approximate surface area is 105 Å². The summed E-state index contributed by atoms with van der Waals surface area (Å²) in [7, 11) is -15.5. The molecule has 0 saturated carbocycles. The molecule has 0 unspecified atom stereocenters. The molecule has 0 aliphatic carbocycles. The van der Waals surface area contributed by atoms with Gasteiger partial charge in [-0.25, -0.2) is 0 Å². The predicted octanol–water partition coefficient (Wildman–Crippen LogP) is -4.02. The van der Waals surface area contributed by atoms with E-state index in [1.807, 2.05) is 0 Å². The van der Waals surface area contributed by atoms with Gasteiger partial charge in [0.05, 0.1) is 0 Å². The van der Waals surface area contributed by atoms with E-state index in [0.717, 1.165) is 0 Å². The predicted molar refractivity (Wildman–Crippen MR) is 31.4 cm³/mol. The van der Waals surface area contributed by atoms with Crippen LogP contribution in [0, 0.1) is 0 Å². The Morgan fingerprint density at radius 3 is 0.438 bits per heavy atom. The first kappa shape index (κ1) is 25.2. The average molecular weight is 472 g/mol. The fourth-order valence-electron chi connectivity index (χ4n) is 0. The van der Waals surface area contributed by atoms with Crippen molar-refractivity contribution in [2.75, 3.05) is 0 Å². The van der Waals surface area contributed by atoms with Crippen LogP contribution in [0.25, 0.3) is 0 Å². The molecule has 0 fully saturated rings. The van der Waals surface area contributed by atoms with E-state index in [0.29, 0.717) is 0 Å². The van der Waals surface area contributed by atoms with Crippen LogP contribution in [-0.4, -0.2) is 52.6 Å². The Kier molecular flexibility index (Phi) is 14.7. The van der Waals surface area contributed by atoms with E-state index in [-0.39, 0.29) is 21.1 Å². The van der Waals surface area contributed by atoms with Gasteiger partial charge in [-0.05, 0) is 0 Å². The molecule has 102 valence electrons. The summed E-state index contributed by atoms with van der Waals surface area (Å²) in [4.78, 5) is 0. The first-order valence-corrected chi connectivity index (χ1v) is 6.00. The Morgan fingerprint density at radius 1 is 0.438 bits per heavy atom. The maximum absolute atomic E-state index is 8.52. The van der Waals surface area contributed by atoms with Gasteiger partial charge in [-0.3, -0.25) is 25.3 Å². The van der Waals surface area contributed by atoms with Gasteiger partial charge >= 0.3 is 0 Å². The Balaban J connectivity index is -0.0000000655. The normalized spacial score (nSPS) is 10.9. The molecule has 0 rings (SSSR count). The van der Waals surface area contributed by atoms with Crippen molar-refractivity contribution in [3.8, 4) is 0 Å². The summed E-state index contributed by atoms with van der Waals surface area (Å²) in [6.07, 6.45) is 0. The fourth-order valence-corrected chi connectivity index (χ4v) is 0. The standard InChI is InChI=1S/3H2O4S.W/c3*1-5(2,3)4;/h3*(H2,1,2,3,4);/p-6. The largest absolute Gasteiger partial charge is 0.759 e. The number of hydrogen-bond donors (Lipinski definition) is 0. The third-order valence-electron chi connectivity index (χ3n) is 0. The van der Waals surface area contributed by atoms with Gasteiger partial charge in [-0.2, -0.15) is 0 Å². The first-order valence-electron chi connectivity index (χ1n) is 2.00. The minimum atomic E-state index is -5.17. The first-order chi connectivity index (χ1) is 6.00. The van der Waals surface area contributed by atoms with Crippen LogP contribution in [0.4, 0.5) is 0 Å². The molecular weight excluding hydrogens is 472 g/mol. The monoisotopic (exact) mass is 472 g/mol. The molecule has 0 aromatic heterocycles. The van der Waals surface area contributed by atoms with Crippen LogP contribution in [0.3, 0.4) is 0 Å². The molecule has 0 aliphatic rings. The third kappa shape index (κ3) is 28400. The quantitative estimate of drug-likeness (QED) is 0.242. The molecule has 12 nitrogen and oxygen atoms in total. The SMILES string of the molecule is O=S(=O)([O-])[O-].O=S(=O)([O-])[O-].O=S(=O)([O-])[O-].[W]. The molecule has 0 aromatic rings. The van der Waals surface area contributed by atoms with E-state index in [2.05, 4.69) is 0 Å². The van der Waals surface area contributed by atoms with Crippen LogP contribution in [0.1, 0.15) is 0 Å². The Bertz CT molecular complexity index is 337. The molecule has 0 aliphatic heterocycles. The summed E-state index contributed by atoms with van der Waals surface area (Å²) in [5, 5.41) is 0. The molecule has 0 amide bonds. The average Bonchev–Trinajstić information content (AvgIpc) is 1.41. The van der Waals surface area contributed by atoms with Crippen molar-refractivity contribution in [1.82, 2.24) is 0 Å². The van der Waals surface area contributed by atoms with Gasteiger partial charge in [0.1, 0.15) is 0 Å². The summed E-state index contributed by atoms with van der Waals surface area (Å²) < 4.78 is 102. The van der Waals surface area contributed by atoms with E-state index >= 15 is 0 Å². The molecule has 0 aromatic carbocycles. The van der Waals surface area contributed by atoms with E-state index in [9.17, 15) is 0 Å². The molecule has 16 heteroatoms. The summed E-state index contributed by atoms with van der Waals surface area (Å²) in [6.45, 7) is 0. The van der Waals surface area contributed by atoms with Gasteiger partial charge in [0.25, 0.3) is 0 Å². The zero-order valence-electron chi connectivity index (χ0n) is 6.53. The Morgan fingerprint density at radius 2 is 0.438 bits per heavy atom. The molecule has 0 spiro atoms. The summed E-state index contributed by atoms with van der Waals surface area (Å²) >= 11 is 0. The topological polar surface area (TPSA) is 241 Å². The van der Waals surface area contributed by atoms with E-state index in [1.165, 1.54) is 0 Å². The van der Waals surface area contributed by atoms with Crippen molar-refractivity contribution in [1.29, 1.82) is 0 Å². The van der Waals surface area contributed by atoms with Crippen molar-refractivity contribution in [3.63, 3.8) is 0 Å². The van der Waals surface area contributed by atoms with Crippen molar-refractivity contribution in [2.45, 2.75) is 0 Å². The number of hydrogen-bond acceptors (Lipinski definition) is 12. The molecule has 0 bridgehead atoms. The van der Waals surface area contributed by atoms with E-state index in [4.69, 9.17) is 52.6 Å². The minimum absolute atomic E-state index is 0. The van der Waals surface area contributed by atoms with Gasteiger partial charge in [0.15, 0.2) is 0 Å². The van der Waals surface area contributed by atoms with Crippen LogP contribution in [0.2, 0.25) is 0 Å². The zero-order chi connectivity index (χ0) is 13.5. The van der Waals surface area contributed by atoms with Gasteiger partial charge in [0, 0.05) is 52.3 Å². The van der Waals surface area contributed by atoms with Crippen LogP contribution in [0.15, 0.2) is 0 Å². The smallest absolute Gasteiger partial charge is 0.0311 e. The molecule has 0 saturated heterocycles. The second kappa shape index (κ2) is 9.34. The van der Waals surface area contributed by atoms with Crippen LogP contribution >= 0.6 is 0 Å². The van der Waals surface area contributed by atoms with Crippen LogP contribution < -0.4 is 0 Å². The zero-order valence-corrected chi connectivity index (χ0v) is 11.9. The van der Waals surface area contributed by atoms with Gasteiger partial charge in [-0.15, -0.1) is 0 Å². The summed E-state index contributed by atoms with van der Waals surface area (Å²) in [5.41, 5.74) is 0.